The third-order valence-electron chi connectivity index (χ3n) is 9.22. The van der Waals surface area contributed by atoms with Gasteiger partial charge in [0.15, 0.2) is 0 Å². The van der Waals surface area contributed by atoms with Crippen LogP contribution in [0.3, 0.4) is 0 Å². The van der Waals surface area contributed by atoms with Crippen molar-refractivity contribution < 1.29 is 4.42 Å². The van der Waals surface area contributed by atoms with Crippen LogP contribution in [-0.2, 0) is 0 Å². The fourth-order valence-electron chi connectivity index (χ4n) is 6.86. The molecule has 0 aliphatic carbocycles. The molecule has 1 aromatic heterocycles. The van der Waals surface area contributed by atoms with Crippen LogP contribution >= 0.6 is 0 Å². The van der Waals surface area contributed by atoms with Crippen molar-refractivity contribution in [2.45, 2.75) is 0 Å². The van der Waals surface area contributed by atoms with Gasteiger partial charge in [0.2, 0.25) is 0 Å². The van der Waals surface area contributed by atoms with Crippen molar-refractivity contribution in [1.29, 1.82) is 0 Å². The predicted molar refractivity (Wildman–Crippen MR) is 202 cm³/mol. The number of para-hydroxylation sites is 1. The molecule has 0 fully saturated rings. The van der Waals surface area contributed by atoms with Gasteiger partial charge in [-0.2, -0.15) is 0 Å². The lowest BCUT2D eigenvalue weighted by Gasteiger charge is -2.26. The second-order valence-electron chi connectivity index (χ2n) is 12.2. The minimum atomic E-state index is 0.870. The molecule has 0 aliphatic heterocycles. The Morgan fingerprint density at radius 1 is 0.333 bits per heavy atom. The molecule has 0 saturated heterocycles. The highest BCUT2D eigenvalue weighted by atomic mass is 16.3. The Kier molecular flexibility index (Phi) is 6.84. The summed E-state index contributed by atoms with van der Waals surface area (Å²) < 4.78 is 6.62. The number of anilines is 3. The van der Waals surface area contributed by atoms with Gasteiger partial charge in [0, 0.05) is 33.6 Å². The molecule has 0 amide bonds. The fourth-order valence-corrected chi connectivity index (χ4v) is 6.86. The zero-order valence-electron chi connectivity index (χ0n) is 26.3. The Morgan fingerprint density at radius 2 is 0.917 bits per heavy atom. The zero-order valence-corrected chi connectivity index (χ0v) is 26.3. The van der Waals surface area contributed by atoms with Crippen LogP contribution in [0.1, 0.15) is 0 Å². The number of hydrogen-bond donors (Lipinski definition) is 0. The Morgan fingerprint density at radius 3 is 1.71 bits per heavy atom. The van der Waals surface area contributed by atoms with Gasteiger partial charge >= 0.3 is 0 Å². The van der Waals surface area contributed by atoms with Crippen molar-refractivity contribution in [3.63, 3.8) is 0 Å². The van der Waals surface area contributed by atoms with Gasteiger partial charge in [-0.15, -0.1) is 0 Å². The zero-order chi connectivity index (χ0) is 31.9. The second-order valence-corrected chi connectivity index (χ2v) is 12.2. The summed E-state index contributed by atoms with van der Waals surface area (Å²) in [5.41, 5.74) is 9.79. The van der Waals surface area contributed by atoms with E-state index in [4.69, 9.17) is 4.42 Å². The summed E-state index contributed by atoms with van der Waals surface area (Å²) in [5, 5.41) is 6.03. The summed E-state index contributed by atoms with van der Waals surface area (Å²) in [4.78, 5) is 2.34. The van der Waals surface area contributed by atoms with Gasteiger partial charge in [-0.1, -0.05) is 140 Å². The first kappa shape index (κ1) is 27.9. The summed E-state index contributed by atoms with van der Waals surface area (Å²) in [6.45, 7) is 0. The van der Waals surface area contributed by atoms with Crippen LogP contribution in [0.15, 0.2) is 192 Å². The van der Waals surface area contributed by atoms with E-state index >= 15 is 0 Å². The van der Waals surface area contributed by atoms with Gasteiger partial charge in [-0.05, 0) is 86.8 Å². The third kappa shape index (κ3) is 5.01. The lowest BCUT2D eigenvalue weighted by atomic mass is 9.98. The van der Waals surface area contributed by atoms with Gasteiger partial charge < -0.3 is 9.32 Å². The molecule has 0 spiro atoms. The fraction of sp³-hybridized carbons (Fsp3) is 0. The molecule has 226 valence electrons. The van der Waals surface area contributed by atoms with Crippen LogP contribution < -0.4 is 4.90 Å². The molecule has 9 aromatic rings. The molecule has 0 aliphatic rings. The minimum Gasteiger partial charge on any atom is -0.455 e. The van der Waals surface area contributed by atoms with E-state index < -0.39 is 0 Å². The first-order valence-electron chi connectivity index (χ1n) is 16.3. The predicted octanol–water partition coefficient (Wildman–Crippen LogP) is 13.2. The van der Waals surface area contributed by atoms with Crippen LogP contribution in [0.2, 0.25) is 0 Å². The molecule has 2 heteroatoms. The molecule has 0 bridgehead atoms. The van der Waals surface area contributed by atoms with Crippen molar-refractivity contribution in [2.75, 3.05) is 4.90 Å². The van der Waals surface area contributed by atoms with Crippen LogP contribution in [0.5, 0.6) is 0 Å². The van der Waals surface area contributed by atoms with Crippen molar-refractivity contribution in [1.82, 2.24) is 0 Å². The summed E-state index contributed by atoms with van der Waals surface area (Å²) >= 11 is 0. The average molecular weight is 614 g/mol. The molecule has 48 heavy (non-hydrogen) atoms. The molecule has 0 saturated carbocycles. The monoisotopic (exact) mass is 613 g/mol. The summed E-state index contributed by atoms with van der Waals surface area (Å²) in [6.07, 6.45) is 0. The molecule has 0 N–H and O–H groups in total. The van der Waals surface area contributed by atoms with Crippen molar-refractivity contribution >= 4 is 49.6 Å². The summed E-state index contributed by atoms with van der Waals surface area (Å²) in [5.74, 6) is 0.870. The summed E-state index contributed by atoms with van der Waals surface area (Å²) in [7, 11) is 0. The Balaban J connectivity index is 1.19. The number of fused-ring (bicyclic) bond motifs is 3. The lowest BCUT2D eigenvalue weighted by Crippen LogP contribution is -2.10. The van der Waals surface area contributed by atoms with E-state index in [1.165, 1.54) is 32.7 Å². The Hall–Kier alpha value is -6.38. The maximum atomic E-state index is 6.62. The average Bonchev–Trinajstić information content (AvgIpc) is 3.55. The van der Waals surface area contributed by atoms with Gasteiger partial charge in [0.1, 0.15) is 11.3 Å². The van der Waals surface area contributed by atoms with Gasteiger partial charge in [0.25, 0.3) is 0 Å². The van der Waals surface area contributed by atoms with E-state index in [9.17, 15) is 0 Å². The maximum Gasteiger partial charge on any atom is 0.143 e. The molecule has 0 atom stereocenters. The standard InChI is InChI=1S/C46H31NO/c1-2-13-35(14-3-1)45-43-19-8-9-20-44(43)48-46(45)39-17-10-18-41(31-39)47(42-28-25-33-12-5-7-16-37(33)30-42)40-26-23-34(24-27-40)38-22-21-32-11-4-6-15-36(32)29-38/h1-31H. The number of rotatable bonds is 6. The van der Waals surface area contributed by atoms with E-state index in [0.29, 0.717) is 0 Å². The van der Waals surface area contributed by atoms with Gasteiger partial charge in [-0.25, -0.2) is 0 Å². The van der Waals surface area contributed by atoms with E-state index in [-0.39, 0.29) is 0 Å². The lowest BCUT2D eigenvalue weighted by molar-refractivity contribution is 0.632. The molecule has 9 rings (SSSR count). The number of benzene rings is 8. The Labute approximate surface area is 279 Å². The molecule has 8 aromatic carbocycles. The van der Waals surface area contributed by atoms with Crippen LogP contribution in [0.4, 0.5) is 17.1 Å². The number of nitrogens with zero attached hydrogens (tertiary/aromatic N) is 1. The Bertz CT molecular complexity index is 2560. The van der Waals surface area contributed by atoms with Crippen LogP contribution in [-0.4, -0.2) is 0 Å². The smallest absolute Gasteiger partial charge is 0.143 e. The normalized spacial score (nSPS) is 11.3. The number of furan rings is 1. The largest absolute Gasteiger partial charge is 0.455 e. The highest BCUT2D eigenvalue weighted by Gasteiger charge is 2.20. The van der Waals surface area contributed by atoms with Gasteiger partial charge in [-0.3, -0.25) is 0 Å². The van der Waals surface area contributed by atoms with E-state index in [0.717, 1.165) is 50.5 Å². The van der Waals surface area contributed by atoms with Gasteiger partial charge in [0.05, 0.1) is 0 Å². The molecule has 0 unspecified atom stereocenters. The minimum absolute atomic E-state index is 0.870. The highest BCUT2D eigenvalue weighted by molar-refractivity contribution is 6.02. The van der Waals surface area contributed by atoms with Crippen molar-refractivity contribution in [3.8, 4) is 33.6 Å². The molecule has 1 heterocycles. The maximum absolute atomic E-state index is 6.62. The van der Waals surface area contributed by atoms with Crippen molar-refractivity contribution in [3.05, 3.63) is 188 Å². The van der Waals surface area contributed by atoms with Crippen molar-refractivity contribution in [2.24, 2.45) is 0 Å². The van der Waals surface area contributed by atoms with Crippen LogP contribution in [0.25, 0.3) is 66.1 Å². The first-order chi connectivity index (χ1) is 23.8. The van der Waals surface area contributed by atoms with E-state index in [1.54, 1.807) is 0 Å². The highest BCUT2D eigenvalue weighted by Crippen LogP contribution is 2.43. The van der Waals surface area contributed by atoms with E-state index in [2.05, 4.69) is 181 Å². The van der Waals surface area contributed by atoms with Crippen LogP contribution in [0, 0.1) is 0 Å². The second kappa shape index (κ2) is 11.8. The molecule has 0 radical (unpaired) electrons. The number of hydrogen-bond acceptors (Lipinski definition) is 2. The molecular formula is C46H31NO. The summed E-state index contributed by atoms with van der Waals surface area (Å²) in [6, 6.07) is 66.9. The molecular weight excluding hydrogens is 583 g/mol. The quantitative estimate of drug-likeness (QED) is 0.185. The third-order valence-corrected chi connectivity index (χ3v) is 9.22. The SMILES string of the molecule is c1ccc(-c2c(-c3cccc(N(c4ccc(-c5ccc6ccccc6c5)cc4)c4ccc5ccccc5c4)c3)oc3ccccc23)cc1. The first-order valence-corrected chi connectivity index (χ1v) is 16.3. The molecule has 2 nitrogen and oxygen atoms in total. The topological polar surface area (TPSA) is 16.4 Å². The van der Waals surface area contributed by atoms with E-state index in [1.807, 2.05) is 12.1 Å².